The fourth-order valence-corrected chi connectivity index (χ4v) is 1.57. The molecule has 19 heavy (non-hydrogen) atoms. The van der Waals surface area contributed by atoms with Crippen molar-refractivity contribution in [2.75, 3.05) is 14.2 Å². The van der Waals surface area contributed by atoms with E-state index in [1.165, 1.54) is 0 Å². The summed E-state index contributed by atoms with van der Waals surface area (Å²) in [5.74, 6) is 0.663. The molecule has 1 aromatic rings. The molecule has 6 heteroatoms. The first-order chi connectivity index (χ1) is 8.99. The Morgan fingerprint density at radius 3 is 2.63 bits per heavy atom. The minimum atomic E-state index is -0.487. The molecule has 0 aliphatic rings. The Bertz CT molecular complexity index is 477. The molecule has 104 valence electrons. The summed E-state index contributed by atoms with van der Waals surface area (Å²) in [5.41, 5.74) is 6.28. The number of benzene rings is 1. The van der Waals surface area contributed by atoms with Gasteiger partial charge in [0.2, 0.25) is 5.91 Å². The fraction of sp³-hybridized carbons (Fsp3) is 0.385. The van der Waals surface area contributed by atoms with Crippen molar-refractivity contribution < 1.29 is 14.3 Å². The van der Waals surface area contributed by atoms with Crippen LogP contribution in [0.1, 0.15) is 12.5 Å². The van der Waals surface area contributed by atoms with Crippen molar-refractivity contribution in [1.29, 1.82) is 0 Å². The Morgan fingerprint density at radius 2 is 2.11 bits per heavy atom. The zero-order valence-electron chi connectivity index (χ0n) is 11.2. The van der Waals surface area contributed by atoms with E-state index in [0.717, 1.165) is 5.56 Å². The first-order valence-corrected chi connectivity index (χ1v) is 6.18. The maximum Gasteiger partial charge on any atom is 0.229 e. The number of rotatable bonds is 6. The van der Waals surface area contributed by atoms with E-state index in [1.807, 2.05) is 6.07 Å². The highest BCUT2D eigenvalue weighted by atomic mass is 32.1. The largest absolute Gasteiger partial charge is 0.497 e. The average Bonchev–Trinajstić information content (AvgIpc) is 2.43. The van der Waals surface area contributed by atoms with Gasteiger partial charge in [-0.15, -0.1) is 0 Å². The normalized spacial score (nSPS) is 11.5. The summed E-state index contributed by atoms with van der Waals surface area (Å²) in [6.07, 6.45) is 0. The molecule has 1 amide bonds. The summed E-state index contributed by atoms with van der Waals surface area (Å²) in [6.45, 7) is 2.02. The van der Waals surface area contributed by atoms with Gasteiger partial charge in [-0.05, 0) is 19.1 Å². The molecule has 1 atom stereocenters. The quantitative estimate of drug-likeness (QED) is 0.768. The predicted octanol–water partition coefficient (Wildman–Crippen LogP) is 1.24. The summed E-state index contributed by atoms with van der Waals surface area (Å²) < 4.78 is 10.4. The zero-order valence-corrected chi connectivity index (χ0v) is 12.0. The SMILES string of the molecule is COc1ccc(CNC(=O)C(C)C(N)=S)c(OC)c1. The molecule has 0 spiro atoms. The van der Waals surface area contributed by atoms with Crippen molar-refractivity contribution in [2.24, 2.45) is 11.7 Å². The van der Waals surface area contributed by atoms with E-state index in [9.17, 15) is 4.79 Å². The van der Waals surface area contributed by atoms with Crippen molar-refractivity contribution in [3.05, 3.63) is 23.8 Å². The van der Waals surface area contributed by atoms with Crippen LogP contribution in [-0.4, -0.2) is 25.1 Å². The highest BCUT2D eigenvalue weighted by Gasteiger charge is 2.15. The number of nitrogens with one attached hydrogen (secondary N) is 1. The van der Waals surface area contributed by atoms with E-state index >= 15 is 0 Å². The van der Waals surface area contributed by atoms with Crippen LogP contribution in [0.2, 0.25) is 0 Å². The number of thiocarbonyl (C=S) groups is 1. The van der Waals surface area contributed by atoms with Gasteiger partial charge in [-0.3, -0.25) is 4.79 Å². The number of carbonyl (C=O) groups excluding carboxylic acids is 1. The van der Waals surface area contributed by atoms with Crippen LogP contribution in [0.4, 0.5) is 0 Å². The summed E-state index contributed by atoms with van der Waals surface area (Å²) in [4.78, 5) is 11.9. The lowest BCUT2D eigenvalue weighted by Crippen LogP contribution is -2.35. The second-order valence-electron chi connectivity index (χ2n) is 4.02. The molecule has 1 rings (SSSR count). The van der Waals surface area contributed by atoms with Crippen LogP contribution in [0, 0.1) is 5.92 Å². The van der Waals surface area contributed by atoms with Crippen LogP contribution >= 0.6 is 12.2 Å². The van der Waals surface area contributed by atoms with E-state index < -0.39 is 5.92 Å². The molecule has 1 unspecified atom stereocenters. The highest BCUT2D eigenvalue weighted by Crippen LogP contribution is 2.24. The van der Waals surface area contributed by atoms with Crippen molar-refractivity contribution in [3.63, 3.8) is 0 Å². The number of amides is 1. The monoisotopic (exact) mass is 282 g/mol. The lowest BCUT2D eigenvalue weighted by atomic mass is 10.1. The van der Waals surface area contributed by atoms with Crippen molar-refractivity contribution in [2.45, 2.75) is 13.5 Å². The molecule has 3 N–H and O–H groups in total. The van der Waals surface area contributed by atoms with E-state index in [4.69, 9.17) is 27.4 Å². The van der Waals surface area contributed by atoms with Crippen molar-refractivity contribution in [3.8, 4) is 11.5 Å². The Balaban J connectivity index is 2.72. The van der Waals surface area contributed by atoms with Gasteiger partial charge < -0.3 is 20.5 Å². The molecule has 0 saturated carbocycles. The molecule has 0 aliphatic heterocycles. The molecule has 0 fully saturated rings. The maximum atomic E-state index is 11.7. The molecule has 0 aromatic heterocycles. The second kappa shape index (κ2) is 6.94. The minimum absolute atomic E-state index is 0.180. The first kappa shape index (κ1) is 15.2. The minimum Gasteiger partial charge on any atom is -0.497 e. The van der Waals surface area contributed by atoms with Gasteiger partial charge in [-0.2, -0.15) is 0 Å². The third kappa shape index (κ3) is 4.10. The highest BCUT2D eigenvalue weighted by molar-refractivity contribution is 7.80. The smallest absolute Gasteiger partial charge is 0.229 e. The molecule has 0 radical (unpaired) electrons. The molecule has 5 nitrogen and oxygen atoms in total. The van der Waals surface area contributed by atoms with Gasteiger partial charge in [0.05, 0.1) is 25.1 Å². The van der Waals surface area contributed by atoms with Gasteiger partial charge in [-0.25, -0.2) is 0 Å². The Labute approximate surface area is 118 Å². The van der Waals surface area contributed by atoms with Crippen LogP contribution in [0.5, 0.6) is 11.5 Å². The van der Waals surface area contributed by atoms with Gasteiger partial charge >= 0.3 is 0 Å². The molecule has 0 bridgehead atoms. The Morgan fingerprint density at radius 1 is 1.42 bits per heavy atom. The Kier molecular flexibility index (Phi) is 5.57. The van der Waals surface area contributed by atoms with E-state index in [0.29, 0.717) is 18.0 Å². The zero-order chi connectivity index (χ0) is 14.4. The summed E-state index contributed by atoms with van der Waals surface area (Å²) in [5, 5.41) is 2.76. The fourth-order valence-electron chi connectivity index (χ4n) is 1.46. The molecule has 0 heterocycles. The summed E-state index contributed by atoms with van der Waals surface area (Å²) in [7, 11) is 3.15. The third-order valence-electron chi connectivity index (χ3n) is 2.77. The molecule has 1 aromatic carbocycles. The standard InChI is InChI=1S/C13H18N2O3S/c1-8(12(14)19)13(16)15-7-9-4-5-10(17-2)6-11(9)18-3/h4-6,8H,7H2,1-3H3,(H2,14,19)(H,15,16). The van der Waals surface area contributed by atoms with Crippen LogP contribution in [-0.2, 0) is 11.3 Å². The number of hydrogen-bond acceptors (Lipinski definition) is 4. The van der Waals surface area contributed by atoms with Gasteiger partial charge in [0.15, 0.2) is 0 Å². The molecular formula is C13H18N2O3S. The van der Waals surface area contributed by atoms with Crippen molar-refractivity contribution >= 4 is 23.1 Å². The number of methoxy groups -OCH3 is 2. The van der Waals surface area contributed by atoms with Gasteiger partial charge in [-0.1, -0.05) is 12.2 Å². The number of hydrogen-bond donors (Lipinski definition) is 2. The van der Waals surface area contributed by atoms with Crippen LogP contribution in [0.15, 0.2) is 18.2 Å². The molecule has 0 saturated heterocycles. The summed E-state index contributed by atoms with van der Waals surface area (Å²) in [6, 6.07) is 5.41. The van der Waals surface area contributed by atoms with Crippen molar-refractivity contribution in [1.82, 2.24) is 5.32 Å². The second-order valence-corrected chi connectivity index (χ2v) is 4.49. The number of ether oxygens (including phenoxy) is 2. The van der Waals surface area contributed by atoms with Gasteiger partial charge in [0.25, 0.3) is 0 Å². The summed E-state index contributed by atoms with van der Waals surface area (Å²) >= 11 is 4.78. The third-order valence-corrected chi connectivity index (χ3v) is 3.12. The molecule has 0 aliphatic carbocycles. The average molecular weight is 282 g/mol. The van der Waals surface area contributed by atoms with Crippen LogP contribution in [0.3, 0.4) is 0 Å². The van der Waals surface area contributed by atoms with E-state index in [2.05, 4.69) is 5.32 Å². The van der Waals surface area contributed by atoms with Crippen LogP contribution in [0.25, 0.3) is 0 Å². The van der Waals surface area contributed by atoms with Crippen LogP contribution < -0.4 is 20.5 Å². The van der Waals surface area contributed by atoms with Gasteiger partial charge in [0, 0.05) is 18.2 Å². The number of carbonyl (C=O) groups is 1. The van der Waals surface area contributed by atoms with E-state index in [-0.39, 0.29) is 10.9 Å². The predicted molar refractivity (Wildman–Crippen MR) is 77.3 cm³/mol. The number of nitrogens with two attached hydrogens (primary N) is 1. The van der Waals surface area contributed by atoms with E-state index in [1.54, 1.807) is 33.3 Å². The molecular weight excluding hydrogens is 264 g/mol. The van der Waals surface area contributed by atoms with Gasteiger partial charge in [0.1, 0.15) is 11.5 Å². The lowest BCUT2D eigenvalue weighted by Gasteiger charge is -2.13. The Hall–Kier alpha value is -1.82. The topological polar surface area (TPSA) is 73.6 Å². The maximum absolute atomic E-state index is 11.7. The first-order valence-electron chi connectivity index (χ1n) is 5.77. The lowest BCUT2D eigenvalue weighted by molar-refractivity contribution is -0.122.